The molecule has 0 aliphatic heterocycles. The Balaban J connectivity index is 2.07. The van der Waals surface area contributed by atoms with Crippen LogP contribution in [0.1, 0.15) is 43.7 Å². The van der Waals surface area contributed by atoms with Crippen LogP contribution in [0.4, 0.5) is 21.9 Å². The van der Waals surface area contributed by atoms with Crippen molar-refractivity contribution in [2.45, 2.75) is 27.7 Å². The van der Waals surface area contributed by atoms with Crippen molar-refractivity contribution in [2.75, 3.05) is 35.7 Å². The number of nitrogens with zero attached hydrogens (tertiary/aromatic N) is 3. The summed E-state index contributed by atoms with van der Waals surface area (Å²) in [6.07, 6.45) is 1.41. The third kappa shape index (κ3) is 7.01. The number of aromatic nitrogens is 1. The van der Waals surface area contributed by atoms with Crippen molar-refractivity contribution in [1.82, 2.24) is 4.98 Å². The van der Waals surface area contributed by atoms with Crippen LogP contribution in [0.3, 0.4) is 0 Å². The Morgan fingerprint density at radius 3 is 2.32 bits per heavy atom. The molecule has 0 atom stereocenters. The fraction of sp³-hybridized carbons (Fsp3) is 0.310. The molecule has 0 saturated heterocycles. The van der Waals surface area contributed by atoms with Gasteiger partial charge in [-0.2, -0.15) is 5.26 Å². The number of urea groups is 1. The van der Waals surface area contributed by atoms with E-state index in [1.807, 2.05) is 18.2 Å². The molecular weight excluding hydrogens is 482 g/mol. The molecule has 0 unspecified atom stereocenters. The molecule has 0 aliphatic carbocycles. The first-order valence-corrected chi connectivity index (χ1v) is 12.4. The van der Waals surface area contributed by atoms with E-state index in [1.165, 1.54) is 19.4 Å². The van der Waals surface area contributed by atoms with Crippen LogP contribution in [-0.2, 0) is 0 Å². The number of benzene rings is 2. The van der Waals surface area contributed by atoms with Gasteiger partial charge in [0, 0.05) is 18.7 Å². The van der Waals surface area contributed by atoms with E-state index in [2.05, 4.69) is 48.2 Å². The number of hydrogen-bond acceptors (Lipinski definition) is 6. The number of anilines is 3. The largest absolute Gasteiger partial charge is 0.496 e. The molecule has 1 heterocycles. The fourth-order valence-corrected chi connectivity index (χ4v) is 4.21. The minimum absolute atomic E-state index is 0.0445. The fourth-order valence-electron chi connectivity index (χ4n) is 4.21. The molecule has 0 radical (unpaired) electrons. The van der Waals surface area contributed by atoms with Crippen LogP contribution < -0.4 is 20.3 Å². The Kier molecular flexibility index (Phi) is 9.28. The summed E-state index contributed by atoms with van der Waals surface area (Å²) in [5.41, 5.74) is 3.17. The van der Waals surface area contributed by atoms with Gasteiger partial charge in [0.1, 0.15) is 23.1 Å². The van der Waals surface area contributed by atoms with Gasteiger partial charge < -0.3 is 25.4 Å². The number of carboxylic acid groups (broad SMARTS) is 1. The van der Waals surface area contributed by atoms with Gasteiger partial charge in [0.2, 0.25) is 0 Å². The average molecular weight is 516 g/mol. The second-order valence-electron chi connectivity index (χ2n) is 9.74. The maximum atomic E-state index is 13.0. The van der Waals surface area contributed by atoms with Crippen molar-refractivity contribution < 1.29 is 19.4 Å². The molecule has 0 aliphatic rings. The zero-order chi connectivity index (χ0) is 27.8. The number of aromatic carboxylic acids is 1. The van der Waals surface area contributed by atoms with E-state index in [0.29, 0.717) is 34.3 Å². The van der Waals surface area contributed by atoms with Gasteiger partial charge in [-0.25, -0.2) is 14.6 Å². The topological polar surface area (TPSA) is 128 Å². The zero-order valence-corrected chi connectivity index (χ0v) is 22.3. The van der Waals surface area contributed by atoms with Gasteiger partial charge >= 0.3 is 12.0 Å². The van der Waals surface area contributed by atoms with Gasteiger partial charge in [-0.3, -0.25) is 0 Å². The normalized spacial score (nSPS) is 10.7. The average Bonchev–Trinajstić information content (AvgIpc) is 2.87. The first kappa shape index (κ1) is 28.0. The van der Waals surface area contributed by atoms with E-state index < -0.39 is 12.0 Å². The lowest BCUT2D eigenvalue weighted by Gasteiger charge is -2.31. The number of amides is 2. The molecule has 3 N–H and O–H groups in total. The number of nitriles is 1. The summed E-state index contributed by atoms with van der Waals surface area (Å²) >= 11 is 0. The summed E-state index contributed by atoms with van der Waals surface area (Å²) in [5, 5.41) is 24.5. The monoisotopic (exact) mass is 515 g/mol. The quantitative estimate of drug-likeness (QED) is 0.298. The second-order valence-corrected chi connectivity index (χ2v) is 9.74. The van der Waals surface area contributed by atoms with Crippen LogP contribution in [-0.4, -0.2) is 42.3 Å². The summed E-state index contributed by atoms with van der Waals surface area (Å²) < 4.78 is 5.30. The van der Waals surface area contributed by atoms with E-state index in [9.17, 15) is 14.7 Å². The Morgan fingerprint density at radius 2 is 1.76 bits per heavy atom. The molecule has 1 aromatic heterocycles. The van der Waals surface area contributed by atoms with Crippen LogP contribution in [0.25, 0.3) is 11.1 Å². The minimum atomic E-state index is -1.11. The molecule has 3 rings (SSSR count). The van der Waals surface area contributed by atoms with Gasteiger partial charge in [0.25, 0.3) is 0 Å². The summed E-state index contributed by atoms with van der Waals surface area (Å²) in [5.74, 6) is -0.113. The van der Waals surface area contributed by atoms with Gasteiger partial charge in [-0.15, -0.1) is 0 Å². The maximum Gasteiger partial charge on any atom is 0.340 e. The molecule has 0 saturated carbocycles. The molecule has 3 aromatic rings. The van der Waals surface area contributed by atoms with Gasteiger partial charge in [-0.05, 0) is 47.7 Å². The molecule has 0 bridgehead atoms. The molecule has 0 spiro atoms. The number of pyridine rings is 1. The number of carbonyl (C=O) groups is 2. The number of carbonyl (C=O) groups excluding carboxylic acids is 1. The van der Waals surface area contributed by atoms with E-state index in [1.54, 1.807) is 30.3 Å². The summed E-state index contributed by atoms with van der Waals surface area (Å²) in [7, 11) is 1.43. The smallest absolute Gasteiger partial charge is 0.340 e. The summed E-state index contributed by atoms with van der Waals surface area (Å²) in [6, 6.07) is 15.2. The van der Waals surface area contributed by atoms with Crippen LogP contribution in [0.2, 0.25) is 0 Å². The van der Waals surface area contributed by atoms with Gasteiger partial charge in [-0.1, -0.05) is 45.9 Å². The van der Waals surface area contributed by atoms with Crippen molar-refractivity contribution in [3.05, 3.63) is 66.0 Å². The first-order chi connectivity index (χ1) is 18.1. The van der Waals surface area contributed by atoms with Crippen LogP contribution in [0.15, 0.2) is 54.7 Å². The Morgan fingerprint density at radius 1 is 1.05 bits per heavy atom. The lowest BCUT2D eigenvalue weighted by Crippen LogP contribution is -2.32. The molecule has 2 amide bonds. The summed E-state index contributed by atoms with van der Waals surface area (Å²) in [4.78, 5) is 31.4. The molecule has 38 heavy (non-hydrogen) atoms. The lowest BCUT2D eigenvalue weighted by atomic mass is 9.97. The summed E-state index contributed by atoms with van der Waals surface area (Å²) in [6.45, 7) is 10.1. The number of methoxy groups -OCH3 is 1. The number of rotatable bonds is 10. The Bertz CT molecular complexity index is 1320. The van der Waals surface area contributed by atoms with Crippen molar-refractivity contribution in [2.24, 2.45) is 11.8 Å². The molecule has 198 valence electrons. The van der Waals surface area contributed by atoms with E-state index in [0.717, 1.165) is 18.8 Å². The van der Waals surface area contributed by atoms with Gasteiger partial charge in [0.15, 0.2) is 0 Å². The molecule has 9 heteroatoms. The second kappa shape index (κ2) is 12.6. The van der Waals surface area contributed by atoms with Crippen molar-refractivity contribution in [3.63, 3.8) is 0 Å². The molecule has 2 aromatic carbocycles. The third-order valence-electron chi connectivity index (χ3n) is 5.66. The van der Waals surface area contributed by atoms with E-state index >= 15 is 0 Å². The predicted molar refractivity (Wildman–Crippen MR) is 149 cm³/mol. The highest BCUT2D eigenvalue weighted by Crippen LogP contribution is 2.36. The zero-order valence-electron chi connectivity index (χ0n) is 22.3. The highest BCUT2D eigenvalue weighted by molar-refractivity contribution is 6.03. The number of ether oxygens (including phenoxy) is 1. The molecule has 9 nitrogen and oxygen atoms in total. The van der Waals surface area contributed by atoms with Crippen molar-refractivity contribution >= 4 is 29.1 Å². The number of carboxylic acids is 1. The van der Waals surface area contributed by atoms with Crippen molar-refractivity contribution in [1.29, 1.82) is 5.26 Å². The SMILES string of the molecule is COc1cccc(-c2ccc(N(CC(C)C)CC(C)C)c(NC(=O)Nc3ccc(C#N)nc3)c2)c1C(=O)O. The van der Waals surface area contributed by atoms with Crippen molar-refractivity contribution in [3.8, 4) is 22.9 Å². The third-order valence-corrected chi connectivity index (χ3v) is 5.66. The maximum absolute atomic E-state index is 13.0. The predicted octanol–water partition coefficient (Wildman–Crippen LogP) is 6.09. The van der Waals surface area contributed by atoms with Crippen LogP contribution >= 0.6 is 0 Å². The highest BCUT2D eigenvalue weighted by atomic mass is 16.5. The molecular formula is C29H33N5O4. The Labute approximate surface area is 223 Å². The van der Waals surface area contributed by atoms with E-state index in [-0.39, 0.29) is 17.0 Å². The minimum Gasteiger partial charge on any atom is -0.496 e. The lowest BCUT2D eigenvalue weighted by molar-refractivity contribution is 0.0694. The van der Waals surface area contributed by atoms with Gasteiger partial charge in [0.05, 0.1) is 30.4 Å². The van der Waals surface area contributed by atoms with Crippen LogP contribution in [0, 0.1) is 23.2 Å². The highest BCUT2D eigenvalue weighted by Gasteiger charge is 2.21. The van der Waals surface area contributed by atoms with Crippen LogP contribution in [0.5, 0.6) is 5.75 Å². The standard InChI is InChI=1S/C29H33N5O4/c1-18(2)16-34(17-19(3)4)25-12-9-20(23-7-6-8-26(38-5)27(23)28(35)36)13-24(25)33-29(37)32-22-11-10-21(14-30)31-15-22/h6-13,15,18-19H,16-17H2,1-5H3,(H,35,36)(H2,32,33,37). The number of hydrogen-bond donors (Lipinski definition) is 3. The molecule has 0 fully saturated rings. The van der Waals surface area contributed by atoms with E-state index in [4.69, 9.17) is 10.00 Å². The number of nitrogens with one attached hydrogen (secondary N) is 2. The first-order valence-electron chi connectivity index (χ1n) is 12.4. The Hall–Kier alpha value is -4.58.